The molecule has 1 rings (SSSR count). The second kappa shape index (κ2) is 4.07. The van der Waals surface area contributed by atoms with E-state index in [-0.39, 0.29) is 18.1 Å². The number of carbonyl (C=O) groups excluding carboxylic acids is 1. The van der Waals surface area contributed by atoms with Gasteiger partial charge in [-0.25, -0.2) is 0 Å². The number of hydrogen-bond acceptors (Lipinski definition) is 4. The van der Waals surface area contributed by atoms with Crippen LogP contribution in [0.1, 0.15) is 5.69 Å². The van der Waals surface area contributed by atoms with Gasteiger partial charge in [-0.15, -0.1) is 0 Å². The van der Waals surface area contributed by atoms with Gasteiger partial charge in [0.25, 0.3) is 0 Å². The van der Waals surface area contributed by atoms with Gasteiger partial charge in [0, 0.05) is 14.1 Å². The molecule has 1 heterocycles. The van der Waals surface area contributed by atoms with Crippen molar-refractivity contribution in [2.45, 2.75) is 13.5 Å². The molecule has 0 atom stereocenters. The Kier molecular flexibility index (Phi) is 3.03. The molecule has 0 aliphatic carbocycles. The maximum absolute atomic E-state index is 11.3. The van der Waals surface area contributed by atoms with E-state index >= 15 is 0 Å². The summed E-state index contributed by atoms with van der Waals surface area (Å²) in [5.41, 5.74) is 0.244. The van der Waals surface area contributed by atoms with Crippen molar-refractivity contribution in [3.8, 4) is 0 Å². The Balaban J connectivity index is 2.84. The first kappa shape index (κ1) is 11.2. The van der Waals surface area contributed by atoms with Crippen LogP contribution in [0.2, 0.25) is 0 Å². The highest BCUT2D eigenvalue weighted by atomic mass is 16.6. The van der Waals surface area contributed by atoms with E-state index in [1.165, 1.54) is 22.7 Å². The molecule has 0 saturated heterocycles. The Bertz CT molecular complexity index is 397. The number of aryl methyl sites for hydroxylation is 1. The number of carbonyl (C=O) groups is 1. The van der Waals surface area contributed by atoms with Crippen LogP contribution in [0, 0.1) is 17.0 Å². The molecular weight excluding hydrogens is 200 g/mol. The van der Waals surface area contributed by atoms with Crippen LogP contribution in [-0.2, 0) is 11.3 Å². The molecule has 1 amide bonds. The zero-order valence-corrected chi connectivity index (χ0v) is 8.80. The first-order valence-corrected chi connectivity index (χ1v) is 4.30. The first-order valence-electron chi connectivity index (χ1n) is 4.30. The smallest absolute Gasteiger partial charge is 0.309 e. The number of nitrogens with zero attached hydrogens (tertiary/aromatic N) is 4. The lowest BCUT2D eigenvalue weighted by atomic mass is 10.4. The van der Waals surface area contributed by atoms with Gasteiger partial charge in [0.05, 0.1) is 4.92 Å². The summed E-state index contributed by atoms with van der Waals surface area (Å²) in [4.78, 5) is 22.7. The van der Waals surface area contributed by atoms with E-state index in [0.717, 1.165) is 0 Å². The molecule has 7 nitrogen and oxygen atoms in total. The van der Waals surface area contributed by atoms with Gasteiger partial charge in [0.2, 0.25) is 5.91 Å². The maximum Gasteiger partial charge on any atom is 0.309 e. The molecule has 7 heteroatoms. The number of rotatable bonds is 3. The van der Waals surface area contributed by atoms with Gasteiger partial charge in [-0.3, -0.25) is 19.6 Å². The normalized spacial score (nSPS) is 10.1. The number of aromatic nitrogens is 2. The van der Waals surface area contributed by atoms with Crippen molar-refractivity contribution >= 4 is 11.6 Å². The van der Waals surface area contributed by atoms with Crippen molar-refractivity contribution in [3.05, 3.63) is 22.0 Å². The fraction of sp³-hybridized carbons (Fsp3) is 0.500. The largest absolute Gasteiger partial charge is 0.347 e. The molecule has 0 radical (unpaired) electrons. The summed E-state index contributed by atoms with van der Waals surface area (Å²) in [6.07, 6.45) is 1.26. The predicted molar refractivity (Wildman–Crippen MR) is 52.3 cm³/mol. The average molecular weight is 212 g/mol. The molecule has 0 N–H and O–H groups in total. The zero-order valence-electron chi connectivity index (χ0n) is 8.80. The van der Waals surface area contributed by atoms with Crippen LogP contribution < -0.4 is 0 Å². The van der Waals surface area contributed by atoms with Gasteiger partial charge in [-0.05, 0) is 6.92 Å². The van der Waals surface area contributed by atoms with E-state index in [9.17, 15) is 14.9 Å². The Hall–Kier alpha value is -1.92. The highest BCUT2D eigenvalue weighted by Crippen LogP contribution is 2.14. The zero-order chi connectivity index (χ0) is 11.6. The molecule has 0 saturated carbocycles. The number of hydrogen-bond donors (Lipinski definition) is 0. The van der Waals surface area contributed by atoms with Gasteiger partial charge < -0.3 is 4.90 Å². The minimum absolute atomic E-state index is 0.0156. The standard InChI is InChI=1S/C8H12N4O3/c1-6-7(12(14)15)4-11(9-6)5-8(13)10(2)3/h4H,5H2,1-3H3. The summed E-state index contributed by atoms with van der Waals surface area (Å²) in [6.45, 7) is 1.55. The lowest BCUT2D eigenvalue weighted by Crippen LogP contribution is -2.26. The van der Waals surface area contributed by atoms with Gasteiger partial charge in [0.15, 0.2) is 0 Å². The third-order valence-corrected chi connectivity index (χ3v) is 1.91. The highest BCUT2D eigenvalue weighted by Gasteiger charge is 2.16. The number of likely N-dealkylation sites (N-methyl/N-ethyl adjacent to an activating group) is 1. The van der Waals surface area contributed by atoms with Crippen molar-refractivity contribution < 1.29 is 9.72 Å². The third-order valence-electron chi connectivity index (χ3n) is 1.91. The minimum atomic E-state index is -0.515. The molecule has 1 aromatic rings. The lowest BCUT2D eigenvalue weighted by Gasteiger charge is -2.09. The molecule has 1 aromatic heterocycles. The Morgan fingerprint density at radius 3 is 2.67 bits per heavy atom. The second-order valence-electron chi connectivity index (χ2n) is 3.34. The molecule has 0 bridgehead atoms. The van der Waals surface area contributed by atoms with Crippen LogP contribution in [-0.4, -0.2) is 39.6 Å². The average Bonchev–Trinajstić information content (AvgIpc) is 2.46. The molecule has 15 heavy (non-hydrogen) atoms. The van der Waals surface area contributed by atoms with E-state index in [2.05, 4.69) is 5.10 Å². The molecule has 0 aliphatic heterocycles. The van der Waals surface area contributed by atoms with Crippen molar-refractivity contribution in [2.24, 2.45) is 0 Å². The van der Waals surface area contributed by atoms with Crippen LogP contribution in [0.5, 0.6) is 0 Å². The quantitative estimate of drug-likeness (QED) is 0.529. The Labute approximate surface area is 86.4 Å². The SMILES string of the molecule is Cc1nn(CC(=O)N(C)C)cc1[N+](=O)[O-]. The maximum atomic E-state index is 11.3. The van der Waals surface area contributed by atoms with Gasteiger partial charge in [-0.1, -0.05) is 0 Å². The minimum Gasteiger partial charge on any atom is -0.347 e. The van der Waals surface area contributed by atoms with Crippen LogP contribution in [0.15, 0.2) is 6.20 Å². The van der Waals surface area contributed by atoms with Gasteiger partial charge in [0.1, 0.15) is 18.4 Å². The van der Waals surface area contributed by atoms with Gasteiger partial charge >= 0.3 is 5.69 Å². The molecular formula is C8H12N4O3. The molecule has 0 unspecified atom stereocenters. The summed E-state index contributed by atoms with van der Waals surface area (Å²) < 4.78 is 1.27. The van der Waals surface area contributed by atoms with Crippen molar-refractivity contribution in [2.75, 3.05) is 14.1 Å². The van der Waals surface area contributed by atoms with Crippen molar-refractivity contribution in [1.29, 1.82) is 0 Å². The topological polar surface area (TPSA) is 81.3 Å². The van der Waals surface area contributed by atoms with Crippen LogP contribution >= 0.6 is 0 Å². The Morgan fingerprint density at radius 1 is 1.67 bits per heavy atom. The fourth-order valence-corrected chi connectivity index (χ4v) is 1.05. The molecule has 0 aliphatic rings. The molecule has 0 fully saturated rings. The highest BCUT2D eigenvalue weighted by molar-refractivity contribution is 5.75. The van der Waals surface area contributed by atoms with E-state index < -0.39 is 4.92 Å². The molecule has 0 aromatic carbocycles. The molecule has 0 spiro atoms. The van der Waals surface area contributed by atoms with E-state index in [1.54, 1.807) is 14.1 Å². The van der Waals surface area contributed by atoms with E-state index in [0.29, 0.717) is 5.69 Å². The fourth-order valence-electron chi connectivity index (χ4n) is 1.05. The van der Waals surface area contributed by atoms with Crippen molar-refractivity contribution in [3.63, 3.8) is 0 Å². The summed E-state index contributed by atoms with van der Waals surface area (Å²) in [7, 11) is 3.24. The van der Waals surface area contributed by atoms with Crippen LogP contribution in [0.4, 0.5) is 5.69 Å². The monoisotopic (exact) mass is 212 g/mol. The van der Waals surface area contributed by atoms with Gasteiger partial charge in [-0.2, -0.15) is 5.10 Å². The first-order chi connectivity index (χ1) is 6.91. The van der Waals surface area contributed by atoms with E-state index in [1.807, 2.05) is 0 Å². The summed E-state index contributed by atoms with van der Waals surface area (Å²) in [5.74, 6) is -0.160. The number of amides is 1. The predicted octanol–water partition coefficient (Wildman–Crippen LogP) is 0.188. The Morgan fingerprint density at radius 2 is 2.27 bits per heavy atom. The second-order valence-corrected chi connectivity index (χ2v) is 3.34. The summed E-state index contributed by atoms with van der Waals surface area (Å²) in [5, 5.41) is 14.4. The third kappa shape index (κ3) is 2.52. The summed E-state index contributed by atoms with van der Waals surface area (Å²) >= 11 is 0. The molecule has 82 valence electrons. The number of nitro groups is 1. The van der Waals surface area contributed by atoms with Crippen LogP contribution in [0.3, 0.4) is 0 Å². The van der Waals surface area contributed by atoms with Crippen molar-refractivity contribution in [1.82, 2.24) is 14.7 Å². The summed E-state index contributed by atoms with van der Waals surface area (Å²) in [6, 6.07) is 0. The van der Waals surface area contributed by atoms with Crippen LogP contribution in [0.25, 0.3) is 0 Å². The lowest BCUT2D eigenvalue weighted by molar-refractivity contribution is -0.385. The van der Waals surface area contributed by atoms with E-state index in [4.69, 9.17) is 0 Å².